The molecule has 33 heavy (non-hydrogen) atoms. The molecular formula is C30H38O3. The van der Waals surface area contributed by atoms with Crippen LogP contribution in [-0.2, 0) is 5.41 Å². The van der Waals surface area contributed by atoms with E-state index in [-0.39, 0.29) is 0 Å². The second kappa shape index (κ2) is 12.7. The van der Waals surface area contributed by atoms with Gasteiger partial charge in [0.05, 0.1) is 11.5 Å². The highest BCUT2D eigenvalue weighted by atomic mass is 16.4. The lowest BCUT2D eigenvalue weighted by molar-refractivity contribution is -0.0793. The zero-order valence-corrected chi connectivity index (χ0v) is 19.7. The molecule has 0 saturated heterocycles. The van der Waals surface area contributed by atoms with E-state index < -0.39 is 23.7 Å². The van der Waals surface area contributed by atoms with Crippen molar-refractivity contribution in [3.63, 3.8) is 0 Å². The predicted octanol–water partition coefficient (Wildman–Crippen LogP) is 5.85. The highest BCUT2D eigenvalue weighted by Crippen LogP contribution is 2.43. The van der Waals surface area contributed by atoms with Gasteiger partial charge in [0.2, 0.25) is 0 Å². The lowest BCUT2D eigenvalue weighted by Gasteiger charge is -2.43. The first kappa shape index (κ1) is 25.2. The Bertz CT molecular complexity index is 814. The average molecular weight is 447 g/mol. The number of rotatable bonds is 13. The molecule has 0 aliphatic heterocycles. The molecule has 3 aromatic carbocycles. The van der Waals surface area contributed by atoms with Crippen molar-refractivity contribution in [2.45, 2.75) is 75.6 Å². The summed E-state index contributed by atoms with van der Waals surface area (Å²) < 4.78 is 0. The second-order valence-corrected chi connectivity index (χ2v) is 8.97. The third-order valence-corrected chi connectivity index (χ3v) is 6.70. The molecule has 0 aliphatic rings. The van der Waals surface area contributed by atoms with E-state index in [0.717, 1.165) is 36.0 Å². The molecule has 0 bridgehead atoms. The Morgan fingerprint density at radius 1 is 0.576 bits per heavy atom. The average Bonchev–Trinajstić information content (AvgIpc) is 2.88. The molecule has 3 N–H and O–H groups in total. The fourth-order valence-corrected chi connectivity index (χ4v) is 4.89. The van der Waals surface area contributed by atoms with E-state index in [4.69, 9.17) is 0 Å². The van der Waals surface area contributed by atoms with Gasteiger partial charge in [-0.15, -0.1) is 0 Å². The molecule has 0 saturated carbocycles. The van der Waals surface area contributed by atoms with Crippen LogP contribution in [0.1, 0.15) is 68.6 Å². The number of unbranched alkanes of at least 4 members (excludes halogenated alkanes) is 5. The first-order valence-corrected chi connectivity index (χ1v) is 12.3. The predicted molar refractivity (Wildman–Crippen MR) is 135 cm³/mol. The Morgan fingerprint density at radius 2 is 0.970 bits per heavy atom. The van der Waals surface area contributed by atoms with Crippen LogP contribution in [0.15, 0.2) is 91.0 Å². The summed E-state index contributed by atoms with van der Waals surface area (Å²) in [6.07, 6.45) is 3.59. The number of aliphatic hydroxyl groups excluding tert-OH is 3. The third-order valence-electron chi connectivity index (χ3n) is 6.70. The standard InChI is InChI=1S/C30H38O3/c1-2-3-4-5-6-16-23-27(31)28(32)29(33)30(24-17-10-7-11-18-24,25-19-12-8-13-20-25)26-21-14-9-15-22-26/h7-15,17-22,27-29,31-33H,2-6,16,23H2,1H3/t27-,28?,29?/m1/s1. The molecule has 3 nitrogen and oxygen atoms in total. The zero-order chi connectivity index (χ0) is 23.5. The summed E-state index contributed by atoms with van der Waals surface area (Å²) in [5.74, 6) is 0. The maximum absolute atomic E-state index is 11.8. The summed E-state index contributed by atoms with van der Waals surface area (Å²) in [7, 11) is 0. The van der Waals surface area contributed by atoms with E-state index in [1.807, 2.05) is 91.0 Å². The minimum absolute atomic E-state index is 0.471. The van der Waals surface area contributed by atoms with Crippen molar-refractivity contribution in [2.75, 3.05) is 0 Å². The monoisotopic (exact) mass is 446 g/mol. The van der Waals surface area contributed by atoms with Crippen LogP contribution in [0.3, 0.4) is 0 Å². The Kier molecular flexibility index (Phi) is 9.68. The Labute approximate surface area is 198 Å². The molecule has 3 aromatic rings. The molecular weight excluding hydrogens is 408 g/mol. The van der Waals surface area contributed by atoms with Crippen molar-refractivity contribution in [3.05, 3.63) is 108 Å². The first-order chi connectivity index (χ1) is 16.1. The van der Waals surface area contributed by atoms with Crippen LogP contribution < -0.4 is 0 Å². The zero-order valence-electron chi connectivity index (χ0n) is 19.7. The van der Waals surface area contributed by atoms with Gasteiger partial charge in [-0.05, 0) is 23.1 Å². The fourth-order valence-electron chi connectivity index (χ4n) is 4.89. The molecule has 2 unspecified atom stereocenters. The van der Waals surface area contributed by atoms with Crippen molar-refractivity contribution in [2.24, 2.45) is 0 Å². The van der Waals surface area contributed by atoms with Crippen LogP contribution in [0, 0.1) is 0 Å². The summed E-state index contributed by atoms with van der Waals surface area (Å²) in [4.78, 5) is 0. The lowest BCUT2D eigenvalue weighted by Crippen LogP contribution is -2.52. The van der Waals surface area contributed by atoms with Gasteiger partial charge in [0, 0.05) is 0 Å². The number of aliphatic hydroxyl groups is 3. The summed E-state index contributed by atoms with van der Waals surface area (Å²) in [5, 5.41) is 34.0. The number of hydrogen-bond donors (Lipinski definition) is 3. The van der Waals surface area contributed by atoms with Crippen LogP contribution in [0.4, 0.5) is 0 Å². The lowest BCUT2D eigenvalue weighted by atomic mass is 9.64. The van der Waals surface area contributed by atoms with Gasteiger partial charge in [0.25, 0.3) is 0 Å². The Balaban J connectivity index is 1.95. The third kappa shape index (κ3) is 5.92. The molecule has 0 aliphatic carbocycles. The van der Waals surface area contributed by atoms with Gasteiger partial charge in [0.1, 0.15) is 12.2 Å². The molecule has 0 heterocycles. The van der Waals surface area contributed by atoms with E-state index in [1.54, 1.807) is 0 Å². The van der Waals surface area contributed by atoms with Crippen molar-refractivity contribution in [3.8, 4) is 0 Å². The van der Waals surface area contributed by atoms with Crippen molar-refractivity contribution in [1.82, 2.24) is 0 Å². The highest BCUT2D eigenvalue weighted by Gasteiger charge is 2.47. The minimum atomic E-state index is -1.29. The quantitative estimate of drug-likeness (QED) is 0.228. The van der Waals surface area contributed by atoms with E-state index >= 15 is 0 Å². The maximum Gasteiger partial charge on any atom is 0.107 e. The summed E-state index contributed by atoms with van der Waals surface area (Å²) in [6, 6.07) is 29.4. The smallest absolute Gasteiger partial charge is 0.107 e. The maximum atomic E-state index is 11.8. The number of hydrogen-bond acceptors (Lipinski definition) is 3. The van der Waals surface area contributed by atoms with Crippen molar-refractivity contribution < 1.29 is 15.3 Å². The molecule has 0 spiro atoms. The fraction of sp³-hybridized carbons (Fsp3) is 0.400. The molecule has 0 fully saturated rings. The van der Waals surface area contributed by atoms with Crippen molar-refractivity contribution in [1.29, 1.82) is 0 Å². The molecule has 0 radical (unpaired) electrons. The van der Waals surface area contributed by atoms with Crippen LogP contribution >= 0.6 is 0 Å². The normalized spacial score (nSPS) is 14.5. The van der Waals surface area contributed by atoms with Gasteiger partial charge >= 0.3 is 0 Å². The Morgan fingerprint density at radius 3 is 1.39 bits per heavy atom. The minimum Gasteiger partial charge on any atom is -0.390 e. The van der Waals surface area contributed by atoms with Crippen LogP contribution in [0.5, 0.6) is 0 Å². The van der Waals surface area contributed by atoms with E-state index in [9.17, 15) is 15.3 Å². The molecule has 0 amide bonds. The van der Waals surface area contributed by atoms with E-state index in [2.05, 4.69) is 6.92 Å². The van der Waals surface area contributed by atoms with Gasteiger partial charge < -0.3 is 15.3 Å². The van der Waals surface area contributed by atoms with Gasteiger partial charge in [-0.25, -0.2) is 0 Å². The summed E-state index contributed by atoms with van der Waals surface area (Å²) in [6.45, 7) is 2.19. The molecule has 3 rings (SSSR count). The van der Waals surface area contributed by atoms with Gasteiger partial charge in [-0.1, -0.05) is 136 Å². The molecule has 3 atom stereocenters. The molecule has 0 aromatic heterocycles. The van der Waals surface area contributed by atoms with E-state index in [0.29, 0.717) is 6.42 Å². The summed E-state index contributed by atoms with van der Waals surface area (Å²) in [5.41, 5.74) is 1.60. The molecule has 3 heteroatoms. The topological polar surface area (TPSA) is 60.7 Å². The van der Waals surface area contributed by atoms with Gasteiger partial charge in [-0.3, -0.25) is 0 Å². The molecule has 176 valence electrons. The first-order valence-electron chi connectivity index (χ1n) is 12.3. The van der Waals surface area contributed by atoms with Gasteiger partial charge in [-0.2, -0.15) is 0 Å². The Hall–Kier alpha value is -2.46. The summed E-state index contributed by atoms with van der Waals surface area (Å²) >= 11 is 0. The number of benzene rings is 3. The van der Waals surface area contributed by atoms with Crippen LogP contribution in [0.2, 0.25) is 0 Å². The highest BCUT2D eigenvalue weighted by molar-refractivity contribution is 5.52. The van der Waals surface area contributed by atoms with Crippen LogP contribution in [-0.4, -0.2) is 33.6 Å². The SMILES string of the molecule is CCCCCCCC[C@@H](O)C(O)C(O)C(c1ccccc1)(c1ccccc1)c1ccccc1. The largest absolute Gasteiger partial charge is 0.390 e. The van der Waals surface area contributed by atoms with Crippen LogP contribution in [0.25, 0.3) is 0 Å². The van der Waals surface area contributed by atoms with Gasteiger partial charge in [0.15, 0.2) is 0 Å². The van der Waals surface area contributed by atoms with Crippen molar-refractivity contribution >= 4 is 0 Å². The second-order valence-electron chi connectivity index (χ2n) is 8.97. The van der Waals surface area contributed by atoms with E-state index in [1.165, 1.54) is 19.3 Å².